The number of aliphatic hydroxyl groups is 1. The molecule has 0 bridgehead atoms. The summed E-state index contributed by atoms with van der Waals surface area (Å²) in [5, 5.41) is 14.8. The number of hydrogen-bond donors (Lipinski definition) is 3. The molecule has 0 aromatic heterocycles. The summed E-state index contributed by atoms with van der Waals surface area (Å²) in [5.74, 6) is -0.302. The predicted octanol–water partition coefficient (Wildman–Crippen LogP) is 2.59. The topological polar surface area (TPSA) is 61.4 Å². The maximum atomic E-state index is 13.0. The molecule has 3 N–H and O–H groups in total. The van der Waals surface area contributed by atoms with E-state index in [0.717, 1.165) is 12.0 Å². The first-order valence-corrected chi connectivity index (χ1v) is 7.46. The minimum atomic E-state index is -0.501. The number of halogens is 2. The van der Waals surface area contributed by atoms with Gasteiger partial charge in [-0.05, 0) is 46.5 Å². The molecular weight excluding hydrogens is 327 g/mol. The molecule has 0 aliphatic heterocycles. The Balaban J connectivity index is 2.23. The summed E-state index contributed by atoms with van der Waals surface area (Å²) in [4.78, 5) is 11.5. The van der Waals surface area contributed by atoms with Crippen LogP contribution in [0.2, 0.25) is 0 Å². The van der Waals surface area contributed by atoms with Crippen molar-refractivity contribution in [3.05, 3.63) is 34.1 Å². The van der Waals surface area contributed by atoms with Gasteiger partial charge < -0.3 is 15.7 Å². The number of benzene rings is 1. The molecule has 0 aliphatic carbocycles. The molecular formula is C14H20BrFN2O2. The van der Waals surface area contributed by atoms with Gasteiger partial charge in [-0.3, -0.25) is 0 Å². The quantitative estimate of drug-likeness (QED) is 0.710. The molecule has 0 heterocycles. The van der Waals surface area contributed by atoms with Crippen LogP contribution >= 0.6 is 15.9 Å². The molecule has 1 aromatic rings. The van der Waals surface area contributed by atoms with E-state index in [1.165, 1.54) is 6.07 Å². The van der Waals surface area contributed by atoms with E-state index in [2.05, 4.69) is 26.6 Å². The Labute approximate surface area is 126 Å². The smallest absolute Gasteiger partial charge is 0.314 e. The Kier molecular flexibility index (Phi) is 7.54. The molecule has 0 saturated heterocycles. The summed E-state index contributed by atoms with van der Waals surface area (Å²) in [6.45, 7) is 2.68. The summed E-state index contributed by atoms with van der Waals surface area (Å²) in [7, 11) is 0. The van der Waals surface area contributed by atoms with Gasteiger partial charge in [0.1, 0.15) is 5.82 Å². The summed E-state index contributed by atoms with van der Waals surface area (Å²) < 4.78 is 13.5. The molecule has 2 amide bonds. The molecule has 6 heteroatoms. The fourth-order valence-electron chi connectivity index (χ4n) is 1.72. The number of nitrogens with one attached hydrogen (secondary N) is 2. The van der Waals surface area contributed by atoms with Gasteiger partial charge in [-0.25, -0.2) is 9.18 Å². The van der Waals surface area contributed by atoms with Crippen LogP contribution in [0.3, 0.4) is 0 Å². The number of hydrogen-bond acceptors (Lipinski definition) is 2. The Morgan fingerprint density at radius 3 is 2.85 bits per heavy atom. The maximum absolute atomic E-state index is 13.0. The lowest BCUT2D eigenvalue weighted by atomic mass is 10.1. The highest BCUT2D eigenvalue weighted by molar-refractivity contribution is 9.10. The summed E-state index contributed by atoms with van der Waals surface area (Å²) in [6, 6.07) is 4.46. The zero-order valence-electron chi connectivity index (χ0n) is 11.5. The van der Waals surface area contributed by atoms with Crippen molar-refractivity contribution in [1.82, 2.24) is 10.6 Å². The van der Waals surface area contributed by atoms with Gasteiger partial charge in [0.15, 0.2) is 0 Å². The highest BCUT2D eigenvalue weighted by atomic mass is 79.9. The van der Waals surface area contributed by atoms with E-state index in [4.69, 9.17) is 0 Å². The van der Waals surface area contributed by atoms with Gasteiger partial charge in [0.05, 0.1) is 10.6 Å². The maximum Gasteiger partial charge on any atom is 0.314 e. The lowest BCUT2D eigenvalue weighted by Crippen LogP contribution is -2.40. The number of aliphatic hydroxyl groups excluding tert-OH is 1. The van der Waals surface area contributed by atoms with Crippen molar-refractivity contribution in [2.45, 2.75) is 32.3 Å². The SMILES string of the molecule is CCCC(O)CNC(=O)NCCc1ccc(F)c(Br)c1. The number of carbonyl (C=O) groups excluding carboxylic acids is 1. The second-order valence-corrected chi connectivity index (χ2v) is 5.43. The van der Waals surface area contributed by atoms with Crippen molar-refractivity contribution < 1.29 is 14.3 Å². The molecule has 1 aromatic carbocycles. The highest BCUT2D eigenvalue weighted by Crippen LogP contribution is 2.16. The minimum Gasteiger partial charge on any atom is -0.391 e. The van der Waals surface area contributed by atoms with E-state index in [-0.39, 0.29) is 18.4 Å². The van der Waals surface area contributed by atoms with E-state index < -0.39 is 6.10 Å². The van der Waals surface area contributed by atoms with Crippen LogP contribution in [0.1, 0.15) is 25.3 Å². The first-order valence-electron chi connectivity index (χ1n) is 6.66. The number of carbonyl (C=O) groups is 1. The first kappa shape index (κ1) is 16.9. The Hall–Kier alpha value is -1.14. The van der Waals surface area contributed by atoms with Crippen molar-refractivity contribution in [2.24, 2.45) is 0 Å². The first-order chi connectivity index (χ1) is 9.52. The van der Waals surface area contributed by atoms with Gasteiger partial charge in [0.25, 0.3) is 0 Å². The van der Waals surface area contributed by atoms with E-state index in [1.807, 2.05) is 6.92 Å². The van der Waals surface area contributed by atoms with Crippen LogP contribution < -0.4 is 10.6 Å². The molecule has 0 fully saturated rings. The molecule has 20 heavy (non-hydrogen) atoms. The van der Waals surface area contributed by atoms with Gasteiger partial charge in [-0.15, -0.1) is 0 Å². The third-order valence-electron chi connectivity index (χ3n) is 2.80. The molecule has 4 nitrogen and oxygen atoms in total. The second-order valence-electron chi connectivity index (χ2n) is 4.58. The summed E-state index contributed by atoms with van der Waals surface area (Å²) in [5.41, 5.74) is 0.935. The van der Waals surface area contributed by atoms with Gasteiger partial charge in [-0.1, -0.05) is 19.4 Å². The van der Waals surface area contributed by atoms with Crippen LogP contribution in [0.4, 0.5) is 9.18 Å². The van der Waals surface area contributed by atoms with Crippen LogP contribution in [0, 0.1) is 5.82 Å². The van der Waals surface area contributed by atoms with Crippen molar-refractivity contribution in [3.8, 4) is 0 Å². The molecule has 0 radical (unpaired) electrons. The zero-order valence-corrected chi connectivity index (χ0v) is 13.0. The van der Waals surface area contributed by atoms with E-state index in [9.17, 15) is 14.3 Å². The Morgan fingerprint density at radius 1 is 1.45 bits per heavy atom. The van der Waals surface area contributed by atoms with E-state index in [1.54, 1.807) is 12.1 Å². The van der Waals surface area contributed by atoms with Gasteiger partial charge in [0, 0.05) is 13.1 Å². The summed E-state index contributed by atoms with van der Waals surface area (Å²) in [6.07, 6.45) is 1.66. The molecule has 0 saturated carbocycles. The van der Waals surface area contributed by atoms with Crippen LogP contribution in [0.5, 0.6) is 0 Å². The molecule has 112 valence electrons. The third-order valence-corrected chi connectivity index (χ3v) is 3.41. The fourth-order valence-corrected chi connectivity index (χ4v) is 2.15. The number of amides is 2. The molecule has 1 unspecified atom stereocenters. The van der Waals surface area contributed by atoms with Crippen molar-refractivity contribution in [3.63, 3.8) is 0 Å². The number of urea groups is 1. The molecule has 0 aliphatic rings. The van der Waals surface area contributed by atoms with Crippen LogP contribution in [-0.4, -0.2) is 30.3 Å². The second kappa shape index (κ2) is 8.92. The average molecular weight is 347 g/mol. The lowest BCUT2D eigenvalue weighted by Gasteiger charge is -2.11. The summed E-state index contributed by atoms with van der Waals surface area (Å²) >= 11 is 3.12. The monoisotopic (exact) mass is 346 g/mol. The predicted molar refractivity (Wildman–Crippen MR) is 80.1 cm³/mol. The van der Waals surface area contributed by atoms with E-state index >= 15 is 0 Å². The normalized spacial score (nSPS) is 12.0. The van der Waals surface area contributed by atoms with Crippen molar-refractivity contribution >= 4 is 22.0 Å². The van der Waals surface area contributed by atoms with Gasteiger partial charge in [-0.2, -0.15) is 0 Å². The van der Waals surface area contributed by atoms with Crippen LogP contribution in [0.15, 0.2) is 22.7 Å². The fraction of sp³-hybridized carbons (Fsp3) is 0.500. The molecule has 1 atom stereocenters. The highest BCUT2D eigenvalue weighted by Gasteiger charge is 2.06. The third kappa shape index (κ3) is 6.34. The van der Waals surface area contributed by atoms with Crippen molar-refractivity contribution in [2.75, 3.05) is 13.1 Å². The lowest BCUT2D eigenvalue weighted by molar-refractivity contribution is 0.160. The largest absolute Gasteiger partial charge is 0.391 e. The van der Waals surface area contributed by atoms with Crippen LogP contribution in [-0.2, 0) is 6.42 Å². The van der Waals surface area contributed by atoms with Gasteiger partial charge >= 0.3 is 6.03 Å². The average Bonchev–Trinajstić information content (AvgIpc) is 2.41. The Bertz CT molecular complexity index is 443. The number of rotatable bonds is 7. The standard InChI is InChI=1S/C14H20BrFN2O2/c1-2-3-11(19)9-18-14(20)17-7-6-10-4-5-13(16)12(15)8-10/h4-5,8,11,19H,2-3,6-7,9H2,1H3,(H2,17,18,20). The van der Waals surface area contributed by atoms with E-state index in [0.29, 0.717) is 23.9 Å². The zero-order chi connectivity index (χ0) is 15.0. The van der Waals surface area contributed by atoms with Gasteiger partial charge in [0.2, 0.25) is 0 Å². The molecule has 1 rings (SSSR count). The Morgan fingerprint density at radius 2 is 2.20 bits per heavy atom. The van der Waals surface area contributed by atoms with Crippen LogP contribution in [0.25, 0.3) is 0 Å². The molecule has 0 spiro atoms. The van der Waals surface area contributed by atoms with Crippen molar-refractivity contribution in [1.29, 1.82) is 0 Å². The minimum absolute atomic E-state index is 0.252.